The Morgan fingerprint density at radius 3 is 2.91 bits per heavy atom. The smallest absolute Gasteiger partial charge is 0.229 e. The van der Waals surface area contributed by atoms with Gasteiger partial charge in [-0.3, -0.25) is 9.59 Å². The van der Waals surface area contributed by atoms with Crippen LogP contribution in [0.3, 0.4) is 0 Å². The molecule has 1 aromatic carbocycles. The molecule has 1 saturated heterocycles. The van der Waals surface area contributed by atoms with E-state index in [1.165, 1.54) is 0 Å². The molecule has 1 unspecified atom stereocenters. The van der Waals surface area contributed by atoms with Gasteiger partial charge >= 0.3 is 0 Å². The van der Waals surface area contributed by atoms with Gasteiger partial charge in [-0.15, -0.1) is 0 Å². The molecule has 1 heterocycles. The molecule has 1 atom stereocenters. The second kappa shape index (κ2) is 7.49. The van der Waals surface area contributed by atoms with Crippen molar-refractivity contribution in [3.63, 3.8) is 0 Å². The van der Waals surface area contributed by atoms with Crippen LogP contribution in [0.5, 0.6) is 5.75 Å². The van der Waals surface area contributed by atoms with Gasteiger partial charge in [-0.25, -0.2) is 0 Å². The van der Waals surface area contributed by atoms with Crippen molar-refractivity contribution in [1.29, 1.82) is 0 Å². The summed E-state index contributed by atoms with van der Waals surface area (Å²) in [5.41, 5.74) is 0.532. The number of nitrogens with zero attached hydrogens (tertiary/aromatic N) is 1. The molecule has 22 heavy (non-hydrogen) atoms. The van der Waals surface area contributed by atoms with Crippen molar-refractivity contribution in [2.75, 3.05) is 25.5 Å². The van der Waals surface area contributed by atoms with E-state index in [-0.39, 0.29) is 17.7 Å². The molecule has 0 radical (unpaired) electrons. The summed E-state index contributed by atoms with van der Waals surface area (Å²) >= 11 is 6.10. The van der Waals surface area contributed by atoms with Gasteiger partial charge in [-0.05, 0) is 25.0 Å². The molecule has 1 aromatic rings. The van der Waals surface area contributed by atoms with E-state index in [4.69, 9.17) is 16.3 Å². The lowest BCUT2D eigenvalue weighted by molar-refractivity contribution is -0.134. The summed E-state index contributed by atoms with van der Waals surface area (Å²) in [5.74, 6) is 0.415. The number of amides is 2. The summed E-state index contributed by atoms with van der Waals surface area (Å²) in [7, 11) is 1.56. The van der Waals surface area contributed by atoms with Gasteiger partial charge in [0.05, 0.1) is 23.7 Å². The molecule has 1 aliphatic rings. The Bertz CT molecular complexity index is 562. The standard InChI is InChI=1S/C16H21ClN2O3/c1-3-15(20)19-8-4-5-11(10-19)16(21)18-14-9-12(22-2)6-7-13(14)17/h6-7,9,11H,3-5,8,10H2,1-2H3,(H,18,21). The van der Waals surface area contributed by atoms with E-state index in [1.807, 2.05) is 6.92 Å². The maximum Gasteiger partial charge on any atom is 0.229 e. The number of carbonyl (C=O) groups is 2. The zero-order valence-electron chi connectivity index (χ0n) is 12.9. The summed E-state index contributed by atoms with van der Waals surface area (Å²) in [6.45, 7) is 3.04. The second-order valence-electron chi connectivity index (χ2n) is 5.37. The molecule has 0 spiro atoms. The number of carbonyl (C=O) groups excluding carboxylic acids is 2. The van der Waals surface area contributed by atoms with Gasteiger partial charge in [0, 0.05) is 25.6 Å². The number of halogens is 1. The molecule has 0 saturated carbocycles. The molecule has 0 bridgehead atoms. The van der Waals surface area contributed by atoms with Crippen LogP contribution in [0, 0.1) is 5.92 Å². The van der Waals surface area contributed by atoms with Crippen molar-refractivity contribution in [3.05, 3.63) is 23.2 Å². The fourth-order valence-electron chi connectivity index (χ4n) is 2.60. The molecule has 0 aromatic heterocycles. The van der Waals surface area contributed by atoms with Crippen molar-refractivity contribution < 1.29 is 14.3 Å². The number of piperidine rings is 1. The third kappa shape index (κ3) is 3.91. The first kappa shape index (κ1) is 16.6. The highest BCUT2D eigenvalue weighted by molar-refractivity contribution is 6.33. The molecule has 2 rings (SSSR count). The number of anilines is 1. The topological polar surface area (TPSA) is 58.6 Å². The number of hydrogen-bond donors (Lipinski definition) is 1. The summed E-state index contributed by atoms with van der Waals surface area (Å²) in [4.78, 5) is 26.0. The number of benzene rings is 1. The van der Waals surface area contributed by atoms with Crippen molar-refractivity contribution >= 4 is 29.1 Å². The molecular formula is C16H21ClN2O3. The highest BCUT2D eigenvalue weighted by Gasteiger charge is 2.28. The number of rotatable bonds is 4. The number of likely N-dealkylation sites (tertiary alicyclic amines) is 1. The van der Waals surface area contributed by atoms with Gasteiger partial charge in [-0.2, -0.15) is 0 Å². The fourth-order valence-corrected chi connectivity index (χ4v) is 2.77. The highest BCUT2D eigenvalue weighted by Crippen LogP contribution is 2.28. The molecule has 5 nitrogen and oxygen atoms in total. The summed E-state index contributed by atoms with van der Waals surface area (Å²) in [6, 6.07) is 5.11. The predicted molar refractivity (Wildman–Crippen MR) is 86.2 cm³/mol. The molecular weight excluding hydrogens is 304 g/mol. The molecule has 1 fully saturated rings. The third-order valence-corrected chi connectivity index (χ3v) is 4.21. The first-order chi connectivity index (χ1) is 10.5. The van der Waals surface area contributed by atoms with Gasteiger partial charge < -0.3 is 15.0 Å². The quantitative estimate of drug-likeness (QED) is 0.926. The fraction of sp³-hybridized carbons (Fsp3) is 0.500. The highest BCUT2D eigenvalue weighted by atomic mass is 35.5. The lowest BCUT2D eigenvalue weighted by atomic mass is 9.96. The van der Waals surface area contributed by atoms with E-state index in [0.29, 0.717) is 29.4 Å². The summed E-state index contributed by atoms with van der Waals surface area (Å²) in [5, 5.41) is 3.31. The monoisotopic (exact) mass is 324 g/mol. The van der Waals surface area contributed by atoms with Crippen LogP contribution in [-0.2, 0) is 9.59 Å². The minimum atomic E-state index is -0.202. The molecule has 120 valence electrons. The molecule has 1 N–H and O–H groups in total. The van der Waals surface area contributed by atoms with Crippen LogP contribution in [-0.4, -0.2) is 36.9 Å². The maximum absolute atomic E-state index is 12.4. The van der Waals surface area contributed by atoms with Crippen molar-refractivity contribution in [2.24, 2.45) is 5.92 Å². The van der Waals surface area contributed by atoms with Crippen LogP contribution >= 0.6 is 11.6 Å². The van der Waals surface area contributed by atoms with Gasteiger partial charge in [0.2, 0.25) is 11.8 Å². The van der Waals surface area contributed by atoms with E-state index in [2.05, 4.69) is 5.32 Å². The number of nitrogens with one attached hydrogen (secondary N) is 1. The Labute approximate surface area is 135 Å². The van der Waals surface area contributed by atoms with E-state index >= 15 is 0 Å². The van der Waals surface area contributed by atoms with Crippen LogP contribution < -0.4 is 10.1 Å². The van der Waals surface area contributed by atoms with Gasteiger partial charge in [0.15, 0.2) is 0 Å². The average molecular weight is 325 g/mol. The van der Waals surface area contributed by atoms with Crippen LogP contribution in [0.2, 0.25) is 5.02 Å². The van der Waals surface area contributed by atoms with Crippen LogP contribution in [0.25, 0.3) is 0 Å². The molecule has 1 aliphatic heterocycles. The Balaban J connectivity index is 2.04. The van der Waals surface area contributed by atoms with E-state index in [9.17, 15) is 9.59 Å². The first-order valence-electron chi connectivity index (χ1n) is 7.47. The lowest BCUT2D eigenvalue weighted by Crippen LogP contribution is -2.43. The summed E-state index contributed by atoms with van der Waals surface area (Å²) in [6.07, 6.45) is 2.09. The zero-order valence-corrected chi connectivity index (χ0v) is 13.7. The predicted octanol–water partition coefficient (Wildman–Crippen LogP) is 2.94. The Morgan fingerprint density at radius 1 is 1.45 bits per heavy atom. The third-order valence-electron chi connectivity index (χ3n) is 3.88. The SMILES string of the molecule is CCC(=O)N1CCCC(C(=O)Nc2cc(OC)ccc2Cl)C1. The van der Waals surface area contributed by atoms with Gasteiger partial charge in [-0.1, -0.05) is 18.5 Å². The number of methoxy groups -OCH3 is 1. The van der Waals surface area contributed by atoms with E-state index in [0.717, 1.165) is 19.4 Å². The van der Waals surface area contributed by atoms with E-state index in [1.54, 1.807) is 30.2 Å². The minimum absolute atomic E-state index is 0.0944. The van der Waals surface area contributed by atoms with Crippen LogP contribution in [0.1, 0.15) is 26.2 Å². The molecule has 6 heteroatoms. The van der Waals surface area contributed by atoms with Crippen LogP contribution in [0.15, 0.2) is 18.2 Å². The number of hydrogen-bond acceptors (Lipinski definition) is 3. The van der Waals surface area contributed by atoms with Gasteiger partial charge in [0.25, 0.3) is 0 Å². The van der Waals surface area contributed by atoms with E-state index < -0.39 is 0 Å². The average Bonchev–Trinajstić information content (AvgIpc) is 2.56. The Hall–Kier alpha value is -1.75. The Morgan fingerprint density at radius 2 is 2.23 bits per heavy atom. The molecule has 2 amide bonds. The van der Waals surface area contributed by atoms with Crippen molar-refractivity contribution in [3.8, 4) is 5.75 Å². The summed E-state index contributed by atoms with van der Waals surface area (Å²) < 4.78 is 5.14. The largest absolute Gasteiger partial charge is 0.497 e. The lowest BCUT2D eigenvalue weighted by Gasteiger charge is -2.32. The molecule has 0 aliphatic carbocycles. The van der Waals surface area contributed by atoms with Crippen molar-refractivity contribution in [1.82, 2.24) is 4.90 Å². The first-order valence-corrected chi connectivity index (χ1v) is 7.85. The van der Waals surface area contributed by atoms with Gasteiger partial charge in [0.1, 0.15) is 5.75 Å². The maximum atomic E-state index is 12.4. The second-order valence-corrected chi connectivity index (χ2v) is 5.77. The Kier molecular flexibility index (Phi) is 5.66. The van der Waals surface area contributed by atoms with Crippen LogP contribution in [0.4, 0.5) is 5.69 Å². The van der Waals surface area contributed by atoms with Crippen molar-refractivity contribution in [2.45, 2.75) is 26.2 Å². The number of ether oxygens (including phenoxy) is 1. The zero-order chi connectivity index (χ0) is 16.1. The minimum Gasteiger partial charge on any atom is -0.497 e. The normalized spacial score (nSPS) is 18.0.